The number of hydrogen-bond donors (Lipinski definition) is 0. The summed E-state index contributed by atoms with van der Waals surface area (Å²) in [4.78, 5) is 14.5. The molecular formula is C18H29NO3S. The van der Waals surface area contributed by atoms with Gasteiger partial charge in [0.2, 0.25) is 5.91 Å². The third kappa shape index (κ3) is 3.98. The summed E-state index contributed by atoms with van der Waals surface area (Å²) in [6, 6.07) is 0. The van der Waals surface area contributed by atoms with Crippen LogP contribution in [0.4, 0.5) is 0 Å². The van der Waals surface area contributed by atoms with Crippen molar-refractivity contribution in [3.63, 3.8) is 0 Å². The van der Waals surface area contributed by atoms with Gasteiger partial charge in [0.1, 0.15) is 0 Å². The highest BCUT2D eigenvalue weighted by Gasteiger charge is 2.37. The van der Waals surface area contributed by atoms with Gasteiger partial charge in [0.25, 0.3) is 0 Å². The summed E-state index contributed by atoms with van der Waals surface area (Å²) in [6.45, 7) is 1.62. The maximum Gasteiger partial charge on any atom is 0.223 e. The molecule has 3 aliphatic rings. The predicted octanol–water partition coefficient (Wildman–Crippen LogP) is 3.08. The van der Waals surface area contributed by atoms with Gasteiger partial charge < -0.3 is 4.90 Å². The van der Waals surface area contributed by atoms with Crippen LogP contribution in [-0.2, 0) is 14.6 Å². The highest BCUT2D eigenvalue weighted by atomic mass is 32.2. The van der Waals surface area contributed by atoms with E-state index in [4.69, 9.17) is 0 Å². The van der Waals surface area contributed by atoms with Gasteiger partial charge in [-0.2, -0.15) is 0 Å². The number of carbonyl (C=O) groups excluding carboxylic acids is 1. The minimum absolute atomic E-state index is 0.0416. The average Bonchev–Trinajstić information content (AvgIpc) is 3.09. The Bertz CT molecular complexity index is 563. The second-order valence-corrected chi connectivity index (χ2v) is 10.1. The molecular weight excluding hydrogens is 310 g/mol. The number of hydrogen-bond acceptors (Lipinski definition) is 3. The molecule has 0 N–H and O–H groups in total. The molecule has 5 heteroatoms. The van der Waals surface area contributed by atoms with E-state index in [0.717, 1.165) is 64.5 Å². The van der Waals surface area contributed by atoms with E-state index < -0.39 is 9.84 Å². The van der Waals surface area contributed by atoms with Crippen LogP contribution in [0.15, 0.2) is 12.2 Å². The number of sulfone groups is 1. The number of nitrogens with zero attached hydrogens (tertiary/aromatic N) is 1. The molecule has 1 aliphatic heterocycles. The quantitative estimate of drug-likeness (QED) is 0.740. The SMILES string of the molecule is O=C(CCS(=O)(=O)C1CCCC1)N1CCCC2(CC=CCC2)C1. The van der Waals surface area contributed by atoms with Crippen molar-refractivity contribution < 1.29 is 13.2 Å². The zero-order chi connectivity index (χ0) is 16.3. The van der Waals surface area contributed by atoms with Gasteiger partial charge in [-0.15, -0.1) is 0 Å². The Balaban J connectivity index is 1.54. The molecule has 3 rings (SSSR count). The molecule has 23 heavy (non-hydrogen) atoms. The first kappa shape index (κ1) is 17.0. The van der Waals surface area contributed by atoms with E-state index in [9.17, 15) is 13.2 Å². The van der Waals surface area contributed by atoms with E-state index >= 15 is 0 Å². The molecule has 4 nitrogen and oxygen atoms in total. The summed E-state index contributed by atoms with van der Waals surface area (Å²) in [7, 11) is -3.09. The maximum absolute atomic E-state index is 12.5. The van der Waals surface area contributed by atoms with Crippen molar-refractivity contribution in [2.45, 2.75) is 69.5 Å². The number of amides is 1. The Kier molecular flexibility index (Phi) is 5.14. The maximum atomic E-state index is 12.5. The second-order valence-electron chi connectivity index (χ2n) is 7.66. The molecule has 2 aliphatic carbocycles. The Morgan fingerprint density at radius 3 is 2.61 bits per heavy atom. The van der Waals surface area contributed by atoms with E-state index in [0.29, 0.717) is 0 Å². The van der Waals surface area contributed by atoms with Gasteiger partial charge in [-0.05, 0) is 50.4 Å². The molecule has 0 bridgehead atoms. The van der Waals surface area contributed by atoms with Gasteiger partial charge in [0.05, 0.1) is 11.0 Å². The Morgan fingerprint density at radius 1 is 1.13 bits per heavy atom. The van der Waals surface area contributed by atoms with Gasteiger partial charge in [0.15, 0.2) is 9.84 Å². The van der Waals surface area contributed by atoms with Gasteiger partial charge in [-0.1, -0.05) is 25.0 Å². The molecule has 1 atom stereocenters. The van der Waals surface area contributed by atoms with Crippen molar-refractivity contribution in [2.24, 2.45) is 5.41 Å². The molecule has 1 heterocycles. The Morgan fingerprint density at radius 2 is 1.91 bits per heavy atom. The lowest BCUT2D eigenvalue weighted by Gasteiger charge is -2.44. The van der Waals surface area contributed by atoms with Crippen molar-refractivity contribution in [1.29, 1.82) is 0 Å². The molecule has 0 aromatic heterocycles. The minimum Gasteiger partial charge on any atom is -0.342 e. The topological polar surface area (TPSA) is 54.5 Å². The lowest BCUT2D eigenvalue weighted by atomic mass is 9.71. The lowest BCUT2D eigenvalue weighted by Crippen LogP contribution is -2.46. The van der Waals surface area contributed by atoms with Crippen LogP contribution in [0.5, 0.6) is 0 Å². The molecule has 1 saturated heterocycles. The molecule has 0 radical (unpaired) electrons. The summed E-state index contributed by atoms with van der Waals surface area (Å²) in [5.74, 6) is 0.0834. The standard InChI is InChI=1S/C18H29NO3S/c20-17(9-14-23(21,22)16-7-2-3-8-16)19-13-6-12-18(15-19)10-4-1-5-11-18/h1,4,16H,2-3,5-15H2. The molecule has 1 saturated carbocycles. The fourth-order valence-electron chi connectivity index (χ4n) is 4.54. The number of allylic oxidation sites excluding steroid dienone is 2. The summed E-state index contributed by atoms with van der Waals surface area (Å²) in [6.07, 6.45) is 13.8. The largest absolute Gasteiger partial charge is 0.342 e. The van der Waals surface area contributed by atoms with Gasteiger partial charge in [-0.25, -0.2) is 8.42 Å². The van der Waals surface area contributed by atoms with Crippen LogP contribution in [0, 0.1) is 5.41 Å². The van der Waals surface area contributed by atoms with Crippen molar-refractivity contribution >= 4 is 15.7 Å². The second kappa shape index (κ2) is 6.96. The number of piperidine rings is 1. The van der Waals surface area contributed by atoms with Crippen LogP contribution in [-0.4, -0.2) is 43.3 Å². The Labute approximate surface area is 140 Å². The zero-order valence-electron chi connectivity index (χ0n) is 14.0. The van der Waals surface area contributed by atoms with Crippen LogP contribution in [0.1, 0.15) is 64.2 Å². The molecule has 1 amide bonds. The zero-order valence-corrected chi connectivity index (χ0v) is 14.8. The van der Waals surface area contributed by atoms with E-state index in [1.807, 2.05) is 4.90 Å². The van der Waals surface area contributed by atoms with E-state index in [1.54, 1.807) is 0 Å². The number of likely N-dealkylation sites (tertiary alicyclic amines) is 1. The summed E-state index contributed by atoms with van der Waals surface area (Å²) >= 11 is 0. The highest BCUT2D eigenvalue weighted by molar-refractivity contribution is 7.92. The van der Waals surface area contributed by atoms with Crippen molar-refractivity contribution in [2.75, 3.05) is 18.8 Å². The predicted molar refractivity (Wildman–Crippen MR) is 91.9 cm³/mol. The first-order valence-electron chi connectivity index (χ1n) is 9.15. The molecule has 130 valence electrons. The molecule has 1 unspecified atom stereocenters. The van der Waals surface area contributed by atoms with E-state index in [2.05, 4.69) is 12.2 Å². The van der Waals surface area contributed by atoms with E-state index in [-0.39, 0.29) is 28.7 Å². The fourth-order valence-corrected chi connectivity index (χ4v) is 6.38. The van der Waals surface area contributed by atoms with Crippen LogP contribution in [0.3, 0.4) is 0 Å². The van der Waals surface area contributed by atoms with Crippen molar-refractivity contribution in [3.8, 4) is 0 Å². The molecule has 0 aromatic carbocycles. The summed E-state index contributed by atoms with van der Waals surface area (Å²) < 4.78 is 24.7. The van der Waals surface area contributed by atoms with Crippen molar-refractivity contribution in [1.82, 2.24) is 4.90 Å². The minimum atomic E-state index is -3.09. The smallest absolute Gasteiger partial charge is 0.223 e. The fraction of sp³-hybridized carbons (Fsp3) is 0.833. The van der Waals surface area contributed by atoms with Crippen LogP contribution in [0.2, 0.25) is 0 Å². The van der Waals surface area contributed by atoms with E-state index in [1.165, 1.54) is 6.42 Å². The summed E-state index contributed by atoms with van der Waals surface area (Å²) in [5, 5.41) is -0.188. The van der Waals surface area contributed by atoms with Crippen molar-refractivity contribution in [3.05, 3.63) is 12.2 Å². The Hall–Kier alpha value is -0.840. The average molecular weight is 340 g/mol. The van der Waals surface area contributed by atoms with Crippen LogP contribution < -0.4 is 0 Å². The first-order valence-corrected chi connectivity index (χ1v) is 10.9. The molecule has 1 spiro atoms. The third-order valence-corrected chi connectivity index (χ3v) is 8.24. The monoisotopic (exact) mass is 339 g/mol. The first-order chi connectivity index (χ1) is 11.0. The molecule has 2 fully saturated rings. The van der Waals surface area contributed by atoms with Crippen LogP contribution in [0.25, 0.3) is 0 Å². The normalized spacial score (nSPS) is 29.3. The van der Waals surface area contributed by atoms with Gasteiger partial charge in [0, 0.05) is 19.5 Å². The molecule has 0 aromatic rings. The van der Waals surface area contributed by atoms with Gasteiger partial charge in [-0.3, -0.25) is 4.79 Å². The summed E-state index contributed by atoms with van der Waals surface area (Å²) in [5.41, 5.74) is 0.257. The number of carbonyl (C=O) groups is 1. The lowest BCUT2D eigenvalue weighted by molar-refractivity contribution is -0.134. The van der Waals surface area contributed by atoms with Gasteiger partial charge >= 0.3 is 0 Å². The number of rotatable bonds is 4. The highest BCUT2D eigenvalue weighted by Crippen LogP contribution is 2.40. The third-order valence-electron chi connectivity index (χ3n) is 5.98. The van der Waals surface area contributed by atoms with Crippen LogP contribution >= 0.6 is 0 Å².